The first-order valence-corrected chi connectivity index (χ1v) is 10.7. The summed E-state index contributed by atoms with van der Waals surface area (Å²) < 4.78 is 35.5. The third-order valence-electron chi connectivity index (χ3n) is 3.12. The van der Waals surface area contributed by atoms with Crippen LogP contribution in [0.4, 0.5) is 4.39 Å². The minimum Gasteiger partial charge on any atom is -0.356 e. The van der Waals surface area contributed by atoms with Gasteiger partial charge in [-0.1, -0.05) is 6.07 Å². The van der Waals surface area contributed by atoms with Crippen LogP contribution in [0.25, 0.3) is 0 Å². The van der Waals surface area contributed by atoms with E-state index in [4.69, 9.17) is 0 Å². The topological polar surface area (TPSA) is 70.6 Å². The Hall–Kier alpha value is -1.28. The Bertz CT molecular complexity index is 634. The molecule has 0 atom stereocenters. The van der Waals surface area contributed by atoms with Crippen LogP contribution in [-0.2, 0) is 22.1 Å². The molecule has 0 bridgehead atoms. The van der Waals surface area contributed by atoms with Gasteiger partial charge in [-0.3, -0.25) is 4.99 Å². The monoisotopic (exact) mass is 361 g/mol. The summed E-state index contributed by atoms with van der Waals surface area (Å²) in [5, 5.41) is 6.23. The largest absolute Gasteiger partial charge is 0.356 e. The van der Waals surface area contributed by atoms with E-state index in [1.54, 1.807) is 30.9 Å². The maximum atomic E-state index is 13.3. The fraction of sp³-hybridized carbons (Fsp3) is 0.533. The molecule has 0 heterocycles. The molecule has 130 valence electrons. The van der Waals surface area contributed by atoms with E-state index in [1.165, 1.54) is 12.3 Å². The number of nitrogens with one attached hydrogen (secondary N) is 2. The van der Waals surface area contributed by atoms with E-state index in [9.17, 15) is 12.8 Å². The summed E-state index contributed by atoms with van der Waals surface area (Å²) in [5.41, 5.74) is 1.97. The summed E-state index contributed by atoms with van der Waals surface area (Å²) in [4.78, 5) is 4.10. The number of benzene rings is 1. The first-order valence-electron chi connectivity index (χ1n) is 7.24. The Balaban J connectivity index is 2.52. The second-order valence-corrected chi connectivity index (χ2v) is 8.31. The van der Waals surface area contributed by atoms with Crippen LogP contribution in [0, 0.1) is 5.82 Å². The van der Waals surface area contributed by atoms with Gasteiger partial charge in [-0.05, 0) is 35.9 Å². The molecule has 0 aliphatic rings. The molecule has 0 fully saturated rings. The number of hydrogen-bond acceptors (Lipinski definition) is 4. The minimum absolute atomic E-state index is 0.146. The highest BCUT2D eigenvalue weighted by Crippen LogP contribution is 2.16. The number of guanidine groups is 1. The van der Waals surface area contributed by atoms with Crippen molar-refractivity contribution in [3.05, 3.63) is 35.1 Å². The molecule has 0 aliphatic carbocycles. The zero-order valence-electron chi connectivity index (χ0n) is 13.7. The summed E-state index contributed by atoms with van der Waals surface area (Å²) in [5.74, 6) is 1.25. The summed E-state index contributed by atoms with van der Waals surface area (Å²) in [7, 11) is -1.29. The highest BCUT2D eigenvalue weighted by molar-refractivity contribution is 7.97. The van der Waals surface area contributed by atoms with Crippen LogP contribution in [0.2, 0.25) is 0 Å². The molecule has 8 heteroatoms. The van der Waals surface area contributed by atoms with Gasteiger partial charge in [0.15, 0.2) is 5.96 Å². The van der Waals surface area contributed by atoms with Gasteiger partial charge >= 0.3 is 0 Å². The number of aliphatic imine (C=N–C) groups is 1. The van der Waals surface area contributed by atoms with Crippen molar-refractivity contribution in [1.82, 2.24) is 10.6 Å². The van der Waals surface area contributed by atoms with Crippen molar-refractivity contribution in [2.24, 2.45) is 4.99 Å². The van der Waals surface area contributed by atoms with Crippen LogP contribution < -0.4 is 10.6 Å². The normalized spacial score (nSPS) is 12.3. The summed E-state index contributed by atoms with van der Waals surface area (Å²) in [6.07, 6.45) is 3.72. The highest BCUT2D eigenvalue weighted by atomic mass is 32.2. The van der Waals surface area contributed by atoms with E-state index in [1.807, 2.05) is 6.26 Å². The van der Waals surface area contributed by atoms with Crippen molar-refractivity contribution < 1.29 is 12.8 Å². The van der Waals surface area contributed by atoms with Gasteiger partial charge < -0.3 is 10.6 Å². The van der Waals surface area contributed by atoms with Gasteiger partial charge in [-0.2, -0.15) is 11.8 Å². The Labute approximate surface area is 142 Å². The molecule has 5 nitrogen and oxygen atoms in total. The van der Waals surface area contributed by atoms with Gasteiger partial charge in [0, 0.05) is 32.1 Å². The van der Waals surface area contributed by atoms with E-state index in [0.717, 1.165) is 16.9 Å². The molecule has 0 saturated heterocycles. The molecule has 0 spiro atoms. The molecule has 0 saturated carbocycles. The molecule has 0 aliphatic heterocycles. The van der Waals surface area contributed by atoms with Gasteiger partial charge in [-0.25, -0.2) is 12.8 Å². The van der Waals surface area contributed by atoms with Crippen molar-refractivity contribution in [3.8, 4) is 0 Å². The van der Waals surface area contributed by atoms with Gasteiger partial charge in [0.1, 0.15) is 15.7 Å². The summed E-state index contributed by atoms with van der Waals surface area (Å²) in [6.45, 7) is 1.05. The number of nitrogens with zero attached hydrogens (tertiary/aromatic N) is 1. The molecule has 23 heavy (non-hydrogen) atoms. The molecule has 0 amide bonds. The number of halogens is 1. The fourth-order valence-electron chi connectivity index (χ4n) is 2.00. The van der Waals surface area contributed by atoms with Crippen LogP contribution >= 0.6 is 11.8 Å². The van der Waals surface area contributed by atoms with Crippen molar-refractivity contribution in [3.63, 3.8) is 0 Å². The average Bonchev–Trinajstić information content (AvgIpc) is 2.47. The second-order valence-electron chi connectivity index (χ2n) is 5.18. The highest BCUT2D eigenvalue weighted by Gasteiger charge is 2.06. The maximum absolute atomic E-state index is 13.3. The van der Waals surface area contributed by atoms with Crippen LogP contribution in [-0.4, -0.2) is 46.2 Å². The predicted octanol–water partition coefficient (Wildman–Crippen LogP) is 1.79. The van der Waals surface area contributed by atoms with E-state index < -0.39 is 9.84 Å². The molecule has 0 radical (unpaired) electrons. The van der Waals surface area contributed by atoms with Crippen LogP contribution in [0.15, 0.2) is 23.2 Å². The van der Waals surface area contributed by atoms with Gasteiger partial charge in [-0.15, -0.1) is 0 Å². The Kier molecular flexibility index (Phi) is 8.40. The Morgan fingerprint density at radius 2 is 2.04 bits per heavy atom. The van der Waals surface area contributed by atoms with Crippen LogP contribution in [0.3, 0.4) is 0 Å². The van der Waals surface area contributed by atoms with Gasteiger partial charge in [0.2, 0.25) is 0 Å². The molecule has 1 rings (SSSR count). The predicted molar refractivity (Wildman–Crippen MR) is 96.1 cm³/mol. The van der Waals surface area contributed by atoms with Crippen molar-refractivity contribution >= 4 is 27.6 Å². The number of hydrogen-bond donors (Lipinski definition) is 2. The fourth-order valence-corrected chi connectivity index (χ4v) is 3.25. The van der Waals surface area contributed by atoms with Crippen molar-refractivity contribution in [1.29, 1.82) is 0 Å². The summed E-state index contributed by atoms with van der Waals surface area (Å²) >= 11 is 1.64. The zero-order chi connectivity index (χ0) is 17.3. The van der Waals surface area contributed by atoms with E-state index in [2.05, 4.69) is 15.6 Å². The SMILES string of the molecule is CN=C(NCCCS(C)(=O)=O)NCc1ccc(F)cc1CSC. The molecular weight excluding hydrogens is 337 g/mol. The third kappa shape index (κ3) is 8.22. The first-order chi connectivity index (χ1) is 10.9. The molecular formula is C15H24FN3O2S2. The van der Waals surface area contributed by atoms with E-state index in [0.29, 0.717) is 25.5 Å². The van der Waals surface area contributed by atoms with Gasteiger partial charge in [0.05, 0.1) is 5.75 Å². The Morgan fingerprint density at radius 3 is 2.65 bits per heavy atom. The standard InChI is InChI=1S/C15H24FN3O2S2/c1-17-15(18-7-4-8-23(3,20)21)19-10-12-5-6-14(16)9-13(12)11-22-2/h5-6,9H,4,7-8,10-11H2,1-3H3,(H2,17,18,19). The molecule has 2 N–H and O–H groups in total. The van der Waals surface area contributed by atoms with Crippen LogP contribution in [0.1, 0.15) is 17.5 Å². The van der Waals surface area contributed by atoms with Gasteiger partial charge in [0.25, 0.3) is 0 Å². The molecule has 1 aromatic rings. The van der Waals surface area contributed by atoms with Crippen molar-refractivity contribution in [2.75, 3.05) is 31.9 Å². The van der Waals surface area contributed by atoms with Crippen LogP contribution in [0.5, 0.6) is 0 Å². The summed E-state index contributed by atoms with van der Waals surface area (Å²) in [6, 6.07) is 4.77. The lowest BCUT2D eigenvalue weighted by atomic mass is 10.1. The quantitative estimate of drug-likeness (QED) is 0.420. The number of rotatable bonds is 8. The van der Waals surface area contributed by atoms with E-state index >= 15 is 0 Å². The lowest BCUT2D eigenvalue weighted by Gasteiger charge is -2.14. The first kappa shape index (κ1) is 19.8. The molecule has 0 aromatic heterocycles. The Morgan fingerprint density at radius 1 is 1.30 bits per heavy atom. The minimum atomic E-state index is -2.94. The molecule has 1 aromatic carbocycles. The third-order valence-corrected chi connectivity index (χ3v) is 4.75. The van der Waals surface area contributed by atoms with E-state index in [-0.39, 0.29) is 11.6 Å². The zero-order valence-corrected chi connectivity index (χ0v) is 15.4. The van der Waals surface area contributed by atoms with Crippen molar-refractivity contribution in [2.45, 2.75) is 18.7 Å². The number of sulfone groups is 1. The second kappa shape index (κ2) is 9.77. The average molecular weight is 362 g/mol. The lowest BCUT2D eigenvalue weighted by molar-refractivity contribution is 0.598. The number of thioether (sulfide) groups is 1. The maximum Gasteiger partial charge on any atom is 0.191 e. The smallest absolute Gasteiger partial charge is 0.191 e. The lowest BCUT2D eigenvalue weighted by Crippen LogP contribution is -2.37. The molecule has 0 unspecified atom stereocenters.